The summed E-state index contributed by atoms with van der Waals surface area (Å²) >= 11 is 6.11. The van der Waals surface area contributed by atoms with Crippen LogP contribution in [0.25, 0.3) is 0 Å². The van der Waals surface area contributed by atoms with Crippen LogP contribution >= 0.6 is 11.6 Å². The maximum atomic E-state index is 12.2. The predicted molar refractivity (Wildman–Crippen MR) is 100 cm³/mol. The van der Waals surface area contributed by atoms with E-state index in [4.69, 9.17) is 21.6 Å². The molecule has 0 bridgehead atoms. The summed E-state index contributed by atoms with van der Waals surface area (Å²) in [6.07, 6.45) is 0.0724. The number of ether oxygens (including phenoxy) is 1. The molecule has 26 heavy (non-hydrogen) atoms. The number of amides is 2. The molecular formula is C19H18ClN3O3. The molecule has 2 aromatic carbocycles. The van der Waals surface area contributed by atoms with Crippen molar-refractivity contribution in [3.05, 3.63) is 53.1 Å². The van der Waals surface area contributed by atoms with Crippen molar-refractivity contribution in [3.63, 3.8) is 0 Å². The molecule has 0 radical (unpaired) electrons. The zero-order valence-electron chi connectivity index (χ0n) is 14.5. The van der Waals surface area contributed by atoms with Gasteiger partial charge in [0.05, 0.1) is 23.4 Å². The van der Waals surface area contributed by atoms with E-state index in [1.807, 2.05) is 6.07 Å². The summed E-state index contributed by atoms with van der Waals surface area (Å²) in [5.74, 6) is -0.000195. The minimum Gasteiger partial charge on any atom is -0.495 e. The van der Waals surface area contributed by atoms with E-state index in [-0.39, 0.29) is 24.8 Å². The maximum Gasteiger partial charge on any atom is 0.226 e. The van der Waals surface area contributed by atoms with Crippen LogP contribution in [0.1, 0.15) is 18.9 Å². The molecule has 2 rings (SSSR count). The van der Waals surface area contributed by atoms with Gasteiger partial charge in [-0.25, -0.2) is 0 Å². The number of carbonyl (C=O) groups excluding carboxylic acids is 2. The summed E-state index contributed by atoms with van der Waals surface area (Å²) in [6.45, 7) is 1.60. The Balaban J connectivity index is 2.07. The molecule has 0 aliphatic rings. The molecule has 0 aliphatic heterocycles. The van der Waals surface area contributed by atoms with Gasteiger partial charge in [-0.05, 0) is 30.3 Å². The summed E-state index contributed by atoms with van der Waals surface area (Å²) in [5.41, 5.74) is 1.40. The Morgan fingerprint density at radius 2 is 2.00 bits per heavy atom. The number of carbonyl (C=O) groups is 2. The van der Waals surface area contributed by atoms with E-state index in [9.17, 15) is 9.59 Å². The van der Waals surface area contributed by atoms with E-state index in [0.717, 1.165) is 0 Å². The van der Waals surface area contributed by atoms with Crippen molar-refractivity contribution in [3.8, 4) is 11.8 Å². The highest BCUT2D eigenvalue weighted by Crippen LogP contribution is 2.29. The second-order valence-electron chi connectivity index (χ2n) is 5.45. The van der Waals surface area contributed by atoms with Crippen molar-refractivity contribution in [2.24, 2.45) is 0 Å². The second-order valence-corrected chi connectivity index (χ2v) is 5.85. The highest BCUT2D eigenvalue weighted by molar-refractivity contribution is 6.32. The number of para-hydroxylation sites is 1. The van der Waals surface area contributed by atoms with Gasteiger partial charge in [0.1, 0.15) is 11.8 Å². The Morgan fingerprint density at radius 1 is 1.27 bits per heavy atom. The Bertz CT molecular complexity index is 861. The number of halogens is 1. The molecule has 6 nitrogen and oxygen atoms in total. The van der Waals surface area contributed by atoms with Gasteiger partial charge < -0.3 is 15.0 Å². The molecule has 0 spiro atoms. The fourth-order valence-electron chi connectivity index (χ4n) is 2.41. The minimum atomic E-state index is -0.293. The normalized spacial score (nSPS) is 9.92. The first-order valence-electron chi connectivity index (χ1n) is 7.87. The average Bonchev–Trinajstić information content (AvgIpc) is 2.62. The molecule has 0 aromatic heterocycles. The van der Waals surface area contributed by atoms with Crippen LogP contribution in [0.2, 0.25) is 5.02 Å². The lowest BCUT2D eigenvalue weighted by molar-refractivity contribution is -0.117. The fraction of sp³-hybridized carbons (Fsp3) is 0.211. The third kappa shape index (κ3) is 4.74. The van der Waals surface area contributed by atoms with Gasteiger partial charge in [0, 0.05) is 25.6 Å². The zero-order valence-corrected chi connectivity index (χ0v) is 15.2. The Morgan fingerprint density at radius 3 is 2.62 bits per heavy atom. The first-order chi connectivity index (χ1) is 12.5. The highest BCUT2D eigenvalue weighted by Gasteiger charge is 2.15. The van der Waals surface area contributed by atoms with E-state index < -0.39 is 0 Å². The van der Waals surface area contributed by atoms with Crippen molar-refractivity contribution in [2.75, 3.05) is 23.9 Å². The zero-order chi connectivity index (χ0) is 19.1. The quantitative estimate of drug-likeness (QED) is 0.840. The smallest absolute Gasteiger partial charge is 0.226 e. The van der Waals surface area contributed by atoms with Crippen LogP contribution in [0.15, 0.2) is 42.5 Å². The molecule has 0 unspecified atom stereocenters. The number of benzene rings is 2. The van der Waals surface area contributed by atoms with Gasteiger partial charge in [-0.15, -0.1) is 0 Å². The van der Waals surface area contributed by atoms with Crippen LogP contribution < -0.4 is 15.0 Å². The molecule has 1 N–H and O–H groups in total. The van der Waals surface area contributed by atoms with Gasteiger partial charge in [-0.1, -0.05) is 23.7 Å². The van der Waals surface area contributed by atoms with Crippen molar-refractivity contribution in [1.82, 2.24) is 0 Å². The van der Waals surface area contributed by atoms with Crippen molar-refractivity contribution in [2.45, 2.75) is 13.3 Å². The number of nitrogens with one attached hydrogen (secondary N) is 1. The topological polar surface area (TPSA) is 82.4 Å². The second kappa shape index (κ2) is 8.88. The Hall–Kier alpha value is -3.04. The number of nitriles is 1. The molecular weight excluding hydrogens is 354 g/mol. The number of rotatable bonds is 6. The molecule has 0 saturated heterocycles. The summed E-state index contributed by atoms with van der Waals surface area (Å²) in [5, 5.41) is 12.1. The van der Waals surface area contributed by atoms with Gasteiger partial charge in [-0.3, -0.25) is 9.59 Å². The molecule has 2 amide bonds. The SMILES string of the molecule is COc1ccc(N(CCC(=O)Nc2ccccc2C#N)C(C)=O)cc1Cl. The van der Waals surface area contributed by atoms with Gasteiger partial charge in [-0.2, -0.15) is 5.26 Å². The molecule has 0 heterocycles. The molecule has 0 aliphatic carbocycles. The van der Waals surface area contributed by atoms with Gasteiger partial charge >= 0.3 is 0 Å². The fourth-order valence-corrected chi connectivity index (χ4v) is 2.66. The van der Waals surface area contributed by atoms with Crippen LogP contribution in [0, 0.1) is 11.3 Å². The van der Waals surface area contributed by atoms with Gasteiger partial charge in [0.25, 0.3) is 0 Å². The highest BCUT2D eigenvalue weighted by atomic mass is 35.5. The van der Waals surface area contributed by atoms with Gasteiger partial charge in [0.2, 0.25) is 11.8 Å². The van der Waals surface area contributed by atoms with E-state index in [1.54, 1.807) is 42.5 Å². The van der Waals surface area contributed by atoms with E-state index in [1.165, 1.54) is 18.9 Å². The van der Waals surface area contributed by atoms with Crippen LogP contribution in [0.4, 0.5) is 11.4 Å². The van der Waals surface area contributed by atoms with Crippen LogP contribution in [-0.4, -0.2) is 25.5 Å². The third-order valence-electron chi connectivity index (χ3n) is 3.71. The van der Waals surface area contributed by atoms with E-state index >= 15 is 0 Å². The summed E-state index contributed by atoms with van der Waals surface area (Å²) in [6, 6.07) is 13.7. The number of hydrogen-bond donors (Lipinski definition) is 1. The van der Waals surface area contributed by atoms with Crippen molar-refractivity contribution >= 4 is 34.8 Å². The molecule has 7 heteroatoms. The molecule has 134 valence electrons. The monoisotopic (exact) mass is 371 g/mol. The van der Waals surface area contributed by atoms with Crippen molar-refractivity contribution in [1.29, 1.82) is 5.26 Å². The summed E-state index contributed by atoms with van der Waals surface area (Å²) < 4.78 is 5.10. The summed E-state index contributed by atoms with van der Waals surface area (Å²) in [4.78, 5) is 25.6. The Kier molecular flexibility index (Phi) is 6.59. The van der Waals surface area contributed by atoms with Crippen LogP contribution in [-0.2, 0) is 9.59 Å². The molecule has 0 saturated carbocycles. The van der Waals surface area contributed by atoms with Crippen LogP contribution in [0.3, 0.4) is 0 Å². The Labute approximate surface area is 156 Å². The van der Waals surface area contributed by atoms with Crippen molar-refractivity contribution < 1.29 is 14.3 Å². The molecule has 0 fully saturated rings. The predicted octanol–water partition coefficient (Wildman–Crippen LogP) is 3.60. The number of anilines is 2. The number of hydrogen-bond acceptors (Lipinski definition) is 4. The maximum absolute atomic E-state index is 12.2. The standard InChI is InChI=1S/C19H18ClN3O3/c1-13(24)23(15-7-8-18(26-2)16(20)11-15)10-9-19(25)22-17-6-4-3-5-14(17)12-21/h3-8,11H,9-10H2,1-2H3,(H,22,25). The number of methoxy groups -OCH3 is 1. The lowest BCUT2D eigenvalue weighted by Crippen LogP contribution is -2.32. The lowest BCUT2D eigenvalue weighted by Gasteiger charge is -2.21. The largest absolute Gasteiger partial charge is 0.495 e. The van der Waals surface area contributed by atoms with E-state index in [2.05, 4.69) is 5.32 Å². The minimum absolute atomic E-state index is 0.0724. The third-order valence-corrected chi connectivity index (χ3v) is 4.01. The van der Waals surface area contributed by atoms with E-state index in [0.29, 0.717) is 27.7 Å². The number of nitrogens with zero attached hydrogens (tertiary/aromatic N) is 2. The van der Waals surface area contributed by atoms with Gasteiger partial charge in [0.15, 0.2) is 0 Å². The first kappa shape index (κ1) is 19.3. The first-order valence-corrected chi connectivity index (χ1v) is 8.24. The molecule has 0 atom stereocenters. The average molecular weight is 372 g/mol. The molecule has 2 aromatic rings. The van der Waals surface area contributed by atoms with Crippen LogP contribution in [0.5, 0.6) is 5.75 Å². The summed E-state index contributed by atoms with van der Waals surface area (Å²) in [7, 11) is 1.51. The lowest BCUT2D eigenvalue weighted by atomic mass is 10.2.